The molecule has 0 heterocycles. The van der Waals surface area contributed by atoms with Gasteiger partial charge in [-0.2, -0.15) is 13.2 Å². The van der Waals surface area contributed by atoms with Crippen LogP contribution in [0.1, 0.15) is 11.1 Å². The fraction of sp³-hybridized carbons (Fsp3) is 0.500. The van der Waals surface area contributed by atoms with E-state index in [1.54, 1.807) is 24.3 Å². The van der Waals surface area contributed by atoms with Gasteiger partial charge in [0.05, 0.1) is 13.2 Å². The van der Waals surface area contributed by atoms with Gasteiger partial charge in [-0.15, -0.1) is 0 Å². The van der Waals surface area contributed by atoms with E-state index in [-0.39, 0.29) is 26.2 Å². The zero-order chi connectivity index (χ0) is 13.6. The Labute approximate surface area is 104 Å². The number of hydrogen-bond donors (Lipinski definition) is 2. The highest BCUT2D eigenvalue weighted by Gasteiger charge is 2.30. The highest BCUT2D eigenvalue weighted by Crippen LogP contribution is 2.18. The zero-order valence-corrected chi connectivity index (χ0v) is 9.95. The van der Waals surface area contributed by atoms with E-state index >= 15 is 0 Å². The molecule has 3 nitrogen and oxygen atoms in total. The van der Waals surface area contributed by atoms with Crippen molar-refractivity contribution < 1.29 is 18.3 Å². The van der Waals surface area contributed by atoms with Gasteiger partial charge >= 0.3 is 6.18 Å². The Bertz CT molecular complexity index is 351. The van der Waals surface area contributed by atoms with E-state index in [1.165, 1.54) is 4.90 Å². The summed E-state index contributed by atoms with van der Waals surface area (Å²) in [6, 6.07) is 6.82. The van der Waals surface area contributed by atoms with Crippen molar-refractivity contribution in [2.24, 2.45) is 5.73 Å². The summed E-state index contributed by atoms with van der Waals surface area (Å²) in [6.07, 6.45) is -4.22. The SMILES string of the molecule is NCCN(Cc1ccc(CO)cc1)CC(F)(F)F. The molecule has 1 rings (SSSR count). The molecule has 0 bridgehead atoms. The molecule has 0 fully saturated rings. The van der Waals surface area contributed by atoms with Gasteiger partial charge in [-0.1, -0.05) is 24.3 Å². The summed E-state index contributed by atoms with van der Waals surface area (Å²) in [5.74, 6) is 0. The van der Waals surface area contributed by atoms with E-state index in [0.717, 1.165) is 11.1 Å². The minimum atomic E-state index is -4.22. The average molecular weight is 262 g/mol. The lowest BCUT2D eigenvalue weighted by Crippen LogP contribution is -2.37. The summed E-state index contributed by atoms with van der Waals surface area (Å²) in [4.78, 5) is 1.26. The molecule has 0 spiro atoms. The van der Waals surface area contributed by atoms with Crippen molar-refractivity contribution in [3.05, 3.63) is 35.4 Å². The first-order chi connectivity index (χ1) is 8.44. The standard InChI is InChI=1S/C12H17F3N2O/c13-12(14,15)9-17(6-5-16)7-10-1-3-11(8-18)4-2-10/h1-4,18H,5-9,16H2. The molecule has 0 aromatic heterocycles. The highest BCUT2D eigenvalue weighted by molar-refractivity contribution is 5.21. The van der Waals surface area contributed by atoms with Crippen molar-refractivity contribution in [1.29, 1.82) is 0 Å². The Hall–Kier alpha value is -1.11. The molecule has 0 aliphatic rings. The molecule has 1 aromatic rings. The molecule has 0 aliphatic heterocycles. The monoisotopic (exact) mass is 262 g/mol. The van der Waals surface area contributed by atoms with E-state index in [4.69, 9.17) is 10.8 Å². The number of hydrogen-bond acceptors (Lipinski definition) is 3. The smallest absolute Gasteiger partial charge is 0.392 e. The number of alkyl halides is 3. The molecule has 0 unspecified atom stereocenters. The lowest BCUT2D eigenvalue weighted by molar-refractivity contribution is -0.146. The van der Waals surface area contributed by atoms with Crippen LogP contribution in [0.25, 0.3) is 0 Å². The quantitative estimate of drug-likeness (QED) is 0.817. The van der Waals surface area contributed by atoms with Crippen molar-refractivity contribution in [2.45, 2.75) is 19.3 Å². The lowest BCUT2D eigenvalue weighted by Gasteiger charge is -2.23. The van der Waals surface area contributed by atoms with Gasteiger partial charge in [0.25, 0.3) is 0 Å². The molecule has 3 N–H and O–H groups in total. The Morgan fingerprint density at radius 2 is 1.67 bits per heavy atom. The molecule has 0 amide bonds. The number of nitrogens with two attached hydrogens (primary N) is 1. The predicted molar refractivity (Wildman–Crippen MR) is 62.8 cm³/mol. The lowest BCUT2D eigenvalue weighted by atomic mass is 10.1. The maximum Gasteiger partial charge on any atom is 0.401 e. The molecule has 0 atom stereocenters. The van der Waals surface area contributed by atoms with Crippen LogP contribution in [0.5, 0.6) is 0 Å². The highest BCUT2D eigenvalue weighted by atomic mass is 19.4. The first-order valence-electron chi connectivity index (χ1n) is 5.62. The first-order valence-corrected chi connectivity index (χ1v) is 5.62. The van der Waals surface area contributed by atoms with Crippen LogP contribution in [0.2, 0.25) is 0 Å². The van der Waals surface area contributed by atoms with Gasteiger partial charge in [0, 0.05) is 19.6 Å². The second kappa shape index (κ2) is 6.72. The van der Waals surface area contributed by atoms with E-state index in [0.29, 0.717) is 0 Å². The maximum atomic E-state index is 12.3. The number of nitrogens with zero attached hydrogens (tertiary/aromatic N) is 1. The molecule has 0 saturated carbocycles. The second-order valence-electron chi connectivity index (χ2n) is 4.09. The summed E-state index contributed by atoms with van der Waals surface area (Å²) >= 11 is 0. The third kappa shape index (κ3) is 5.48. The van der Waals surface area contributed by atoms with E-state index in [9.17, 15) is 13.2 Å². The molecular weight excluding hydrogens is 245 g/mol. The Morgan fingerprint density at radius 1 is 1.11 bits per heavy atom. The number of aliphatic hydroxyl groups is 1. The van der Waals surface area contributed by atoms with Gasteiger partial charge in [-0.05, 0) is 11.1 Å². The van der Waals surface area contributed by atoms with Gasteiger partial charge < -0.3 is 10.8 Å². The molecule has 0 saturated heterocycles. The second-order valence-corrected chi connectivity index (χ2v) is 4.09. The fourth-order valence-corrected chi connectivity index (χ4v) is 1.66. The Balaban J connectivity index is 2.64. The number of benzene rings is 1. The molecular formula is C12H17F3N2O. The summed E-state index contributed by atoms with van der Waals surface area (Å²) in [5, 5.41) is 8.87. The largest absolute Gasteiger partial charge is 0.401 e. The molecule has 6 heteroatoms. The van der Waals surface area contributed by atoms with Crippen LogP contribution >= 0.6 is 0 Å². The van der Waals surface area contributed by atoms with Crippen LogP contribution in [0.15, 0.2) is 24.3 Å². The Morgan fingerprint density at radius 3 is 2.11 bits per heavy atom. The fourth-order valence-electron chi connectivity index (χ4n) is 1.66. The minimum absolute atomic E-state index is 0.0741. The molecule has 18 heavy (non-hydrogen) atoms. The van der Waals surface area contributed by atoms with Crippen molar-refractivity contribution >= 4 is 0 Å². The van der Waals surface area contributed by atoms with Crippen molar-refractivity contribution in [3.8, 4) is 0 Å². The first kappa shape index (κ1) is 14.9. The van der Waals surface area contributed by atoms with Crippen LogP contribution in [-0.4, -0.2) is 35.8 Å². The summed E-state index contributed by atoms with van der Waals surface area (Å²) in [6.45, 7) is -0.463. The van der Waals surface area contributed by atoms with Gasteiger partial charge in [0.2, 0.25) is 0 Å². The number of aliphatic hydroxyl groups excluding tert-OH is 1. The van der Waals surface area contributed by atoms with Crippen LogP contribution in [-0.2, 0) is 13.2 Å². The van der Waals surface area contributed by atoms with E-state index in [1.807, 2.05) is 0 Å². The van der Waals surface area contributed by atoms with Crippen LogP contribution in [0, 0.1) is 0 Å². The predicted octanol–water partition coefficient (Wildman–Crippen LogP) is 1.50. The molecule has 0 radical (unpaired) electrons. The van der Waals surface area contributed by atoms with Crippen LogP contribution < -0.4 is 5.73 Å². The van der Waals surface area contributed by atoms with Gasteiger partial charge in [0.1, 0.15) is 0 Å². The third-order valence-corrected chi connectivity index (χ3v) is 2.46. The van der Waals surface area contributed by atoms with Crippen molar-refractivity contribution in [1.82, 2.24) is 4.90 Å². The summed E-state index contributed by atoms with van der Waals surface area (Å²) < 4.78 is 37.0. The Kier molecular flexibility index (Phi) is 5.58. The molecule has 102 valence electrons. The normalized spacial score (nSPS) is 12.1. The van der Waals surface area contributed by atoms with Crippen molar-refractivity contribution in [3.63, 3.8) is 0 Å². The third-order valence-electron chi connectivity index (χ3n) is 2.46. The van der Waals surface area contributed by atoms with Crippen LogP contribution in [0.4, 0.5) is 13.2 Å². The van der Waals surface area contributed by atoms with Crippen LogP contribution in [0.3, 0.4) is 0 Å². The minimum Gasteiger partial charge on any atom is -0.392 e. The summed E-state index contributed by atoms with van der Waals surface area (Å²) in [5.41, 5.74) is 6.81. The maximum absolute atomic E-state index is 12.3. The van der Waals surface area contributed by atoms with E-state index < -0.39 is 12.7 Å². The van der Waals surface area contributed by atoms with E-state index in [2.05, 4.69) is 0 Å². The van der Waals surface area contributed by atoms with Crippen molar-refractivity contribution in [2.75, 3.05) is 19.6 Å². The number of rotatable bonds is 6. The zero-order valence-electron chi connectivity index (χ0n) is 9.95. The topological polar surface area (TPSA) is 49.5 Å². The van der Waals surface area contributed by atoms with Gasteiger partial charge in [-0.3, -0.25) is 4.90 Å². The molecule has 1 aromatic carbocycles. The summed E-state index contributed by atoms with van der Waals surface area (Å²) in [7, 11) is 0. The molecule has 0 aliphatic carbocycles. The number of halogens is 3. The van der Waals surface area contributed by atoms with Gasteiger partial charge in [-0.25, -0.2) is 0 Å². The van der Waals surface area contributed by atoms with Gasteiger partial charge in [0.15, 0.2) is 0 Å². The average Bonchev–Trinajstić information content (AvgIpc) is 2.28.